The highest BCUT2D eigenvalue weighted by atomic mass is 16.6. The minimum Gasteiger partial charge on any atom is -0.458 e. The first-order valence-corrected chi connectivity index (χ1v) is 7.30. The van der Waals surface area contributed by atoms with Crippen LogP contribution in [0.5, 0.6) is 0 Å². The van der Waals surface area contributed by atoms with E-state index in [1.807, 2.05) is 0 Å². The smallest absolute Gasteiger partial charge is 0.408 e. The van der Waals surface area contributed by atoms with E-state index in [9.17, 15) is 9.59 Å². The molecule has 0 aromatic heterocycles. The zero-order valence-corrected chi connectivity index (χ0v) is 13.6. The molecule has 6 heteroatoms. The summed E-state index contributed by atoms with van der Waals surface area (Å²) >= 11 is 0. The summed E-state index contributed by atoms with van der Waals surface area (Å²) in [5.41, 5.74) is -2.26. The van der Waals surface area contributed by atoms with E-state index in [2.05, 4.69) is 5.32 Å². The average molecular weight is 299 g/mol. The summed E-state index contributed by atoms with van der Waals surface area (Å²) in [6.45, 7) is 10.8. The van der Waals surface area contributed by atoms with E-state index in [1.165, 1.54) is 0 Å². The van der Waals surface area contributed by atoms with Gasteiger partial charge in [0.1, 0.15) is 16.7 Å². The van der Waals surface area contributed by atoms with Crippen LogP contribution in [-0.4, -0.2) is 41.0 Å². The van der Waals surface area contributed by atoms with Crippen molar-refractivity contribution in [3.63, 3.8) is 0 Å². The van der Waals surface area contributed by atoms with Crippen molar-refractivity contribution in [3.8, 4) is 0 Å². The lowest BCUT2D eigenvalue weighted by Crippen LogP contribution is -2.56. The summed E-state index contributed by atoms with van der Waals surface area (Å²) in [5, 5.41) is 2.72. The predicted octanol–water partition coefficient (Wildman–Crippen LogP) is 2.15. The van der Waals surface area contributed by atoms with Crippen molar-refractivity contribution in [2.45, 2.75) is 83.3 Å². The van der Waals surface area contributed by atoms with E-state index in [4.69, 9.17) is 14.2 Å². The molecule has 2 rings (SSSR count). The highest BCUT2D eigenvalue weighted by molar-refractivity contribution is 5.87. The Morgan fingerprint density at radius 1 is 1.00 bits per heavy atom. The van der Waals surface area contributed by atoms with E-state index >= 15 is 0 Å². The Balaban J connectivity index is 2.08. The van der Waals surface area contributed by atoms with E-state index in [0.717, 1.165) is 0 Å². The van der Waals surface area contributed by atoms with Gasteiger partial charge in [0.25, 0.3) is 0 Å². The Morgan fingerprint density at radius 2 is 1.48 bits per heavy atom. The number of amides is 1. The second-order valence-corrected chi connectivity index (χ2v) is 7.83. The van der Waals surface area contributed by atoms with Gasteiger partial charge in [-0.15, -0.1) is 0 Å². The van der Waals surface area contributed by atoms with Gasteiger partial charge >= 0.3 is 12.1 Å². The highest BCUT2D eigenvalue weighted by Crippen LogP contribution is 2.45. The van der Waals surface area contributed by atoms with Crippen LogP contribution in [-0.2, 0) is 19.0 Å². The molecular weight excluding hydrogens is 274 g/mol. The largest absolute Gasteiger partial charge is 0.458 e. The molecule has 0 spiro atoms. The quantitative estimate of drug-likeness (QED) is 0.624. The van der Waals surface area contributed by atoms with Gasteiger partial charge in [0, 0.05) is 12.8 Å². The van der Waals surface area contributed by atoms with Crippen molar-refractivity contribution in [3.05, 3.63) is 0 Å². The zero-order chi connectivity index (χ0) is 16.1. The average Bonchev–Trinajstić information content (AvgIpc) is 2.81. The number of carbonyl (C=O) groups is 2. The molecule has 1 saturated carbocycles. The third-order valence-electron chi connectivity index (χ3n) is 3.32. The topological polar surface area (TPSA) is 77.2 Å². The van der Waals surface area contributed by atoms with Gasteiger partial charge < -0.3 is 19.5 Å². The molecule has 0 aromatic carbocycles. The zero-order valence-electron chi connectivity index (χ0n) is 13.6. The van der Waals surface area contributed by atoms with Crippen molar-refractivity contribution < 1.29 is 23.8 Å². The van der Waals surface area contributed by atoms with Crippen LogP contribution in [0, 0.1) is 0 Å². The molecule has 1 aliphatic carbocycles. The number of carbonyl (C=O) groups excluding carboxylic acids is 2. The maximum absolute atomic E-state index is 12.5. The van der Waals surface area contributed by atoms with E-state index in [1.54, 1.807) is 41.5 Å². The van der Waals surface area contributed by atoms with Crippen LogP contribution < -0.4 is 5.32 Å². The van der Waals surface area contributed by atoms with Gasteiger partial charge in [-0.1, -0.05) is 0 Å². The second kappa shape index (κ2) is 4.87. The summed E-state index contributed by atoms with van der Waals surface area (Å²) in [6, 6.07) is 0. The molecule has 0 bridgehead atoms. The van der Waals surface area contributed by atoms with Crippen molar-refractivity contribution >= 4 is 12.1 Å². The number of ether oxygens (including phenoxy) is 3. The normalized spacial score (nSPS) is 31.3. The first-order valence-electron chi connectivity index (χ1n) is 7.30. The van der Waals surface area contributed by atoms with Gasteiger partial charge in [-0.3, -0.25) is 0 Å². The van der Waals surface area contributed by atoms with Crippen molar-refractivity contribution in [2.24, 2.45) is 0 Å². The van der Waals surface area contributed by atoms with E-state index < -0.39 is 28.8 Å². The maximum atomic E-state index is 12.5. The first kappa shape index (κ1) is 16.1. The molecule has 1 N–H and O–H groups in total. The van der Waals surface area contributed by atoms with Crippen LogP contribution in [0.25, 0.3) is 0 Å². The molecule has 1 saturated heterocycles. The van der Waals surface area contributed by atoms with Crippen LogP contribution >= 0.6 is 0 Å². The summed E-state index contributed by atoms with van der Waals surface area (Å²) in [5.74, 6) is -0.420. The third kappa shape index (κ3) is 4.09. The lowest BCUT2D eigenvalue weighted by Gasteiger charge is -2.33. The molecule has 1 aliphatic heterocycles. The summed E-state index contributed by atoms with van der Waals surface area (Å²) < 4.78 is 16.1. The van der Waals surface area contributed by atoms with Crippen LogP contribution in [0.2, 0.25) is 0 Å². The molecule has 1 heterocycles. The molecule has 1 amide bonds. The number of hydrogen-bond acceptors (Lipinski definition) is 5. The molecule has 2 fully saturated rings. The van der Waals surface area contributed by atoms with Gasteiger partial charge in [-0.2, -0.15) is 0 Å². The Kier molecular flexibility index (Phi) is 3.72. The summed E-state index contributed by atoms with van der Waals surface area (Å²) in [7, 11) is 0. The molecule has 0 unspecified atom stereocenters. The number of nitrogens with one attached hydrogen (secondary N) is 1. The Morgan fingerprint density at radius 3 is 1.90 bits per heavy atom. The monoisotopic (exact) mass is 299 g/mol. The molecular formula is C15H25NO5. The number of alkyl carbamates (subject to hydrolysis) is 1. The molecule has 0 aromatic rings. The number of esters is 1. The van der Waals surface area contributed by atoms with Crippen LogP contribution in [0.1, 0.15) is 54.4 Å². The van der Waals surface area contributed by atoms with Crippen LogP contribution in [0.3, 0.4) is 0 Å². The number of rotatable bonds is 2. The maximum Gasteiger partial charge on any atom is 0.408 e. The Bertz CT molecular complexity index is 436. The Hall–Kier alpha value is -1.30. The fourth-order valence-corrected chi connectivity index (χ4v) is 2.50. The molecule has 6 nitrogen and oxygen atoms in total. The number of hydrogen-bond donors (Lipinski definition) is 1. The van der Waals surface area contributed by atoms with Gasteiger partial charge in [0.2, 0.25) is 0 Å². The molecule has 2 aliphatic rings. The number of fused-ring (bicyclic) bond motifs is 1. The molecule has 120 valence electrons. The lowest BCUT2D eigenvalue weighted by molar-refractivity contribution is -0.164. The molecule has 0 radical (unpaired) electrons. The van der Waals surface area contributed by atoms with Crippen molar-refractivity contribution in [1.82, 2.24) is 5.32 Å². The third-order valence-corrected chi connectivity index (χ3v) is 3.32. The van der Waals surface area contributed by atoms with Crippen molar-refractivity contribution in [2.75, 3.05) is 0 Å². The molecule has 3 atom stereocenters. The van der Waals surface area contributed by atoms with Crippen molar-refractivity contribution in [1.29, 1.82) is 0 Å². The SMILES string of the molecule is CC(C)(C)OC(=O)N[C@@]1(C(=O)OC(C)(C)C)C[C@@H]2O[C@@H]2C1. The second-order valence-electron chi connectivity index (χ2n) is 7.83. The fourth-order valence-electron chi connectivity index (χ4n) is 2.50. The van der Waals surface area contributed by atoms with E-state index in [0.29, 0.717) is 12.8 Å². The summed E-state index contributed by atoms with van der Waals surface area (Å²) in [4.78, 5) is 24.5. The molecule has 21 heavy (non-hydrogen) atoms. The minimum atomic E-state index is -1.04. The van der Waals surface area contributed by atoms with Gasteiger partial charge in [-0.25, -0.2) is 9.59 Å². The van der Waals surface area contributed by atoms with Crippen LogP contribution in [0.4, 0.5) is 4.79 Å². The summed E-state index contributed by atoms with van der Waals surface area (Å²) in [6.07, 6.45) is 0.340. The fraction of sp³-hybridized carbons (Fsp3) is 0.867. The first-order chi connectivity index (χ1) is 9.40. The highest BCUT2D eigenvalue weighted by Gasteiger charge is 2.61. The Labute approximate surface area is 125 Å². The van der Waals surface area contributed by atoms with Gasteiger partial charge in [-0.05, 0) is 41.5 Å². The number of epoxide rings is 1. The van der Waals surface area contributed by atoms with Gasteiger partial charge in [0.15, 0.2) is 0 Å². The van der Waals surface area contributed by atoms with Gasteiger partial charge in [0.05, 0.1) is 12.2 Å². The predicted molar refractivity (Wildman–Crippen MR) is 75.8 cm³/mol. The standard InChI is InChI=1S/C15H25NO5/c1-13(2,3)20-11(17)15(7-9-10(8-15)19-9)16-12(18)21-14(4,5)6/h9-10H,7-8H2,1-6H3,(H,16,18)/t9-,10+,15-. The van der Waals surface area contributed by atoms with Crippen LogP contribution in [0.15, 0.2) is 0 Å². The van der Waals surface area contributed by atoms with E-state index in [-0.39, 0.29) is 12.2 Å². The minimum absolute atomic E-state index is 0.0347. The lowest BCUT2D eigenvalue weighted by atomic mass is 9.96.